The lowest BCUT2D eigenvalue weighted by Gasteiger charge is -2.29. The lowest BCUT2D eigenvalue weighted by molar-refractivity contribution is -0.140. The van der Waals surface area contributed by atoms with Gasteiger partial charge in [0.05, 0.1) is 39.0 Å². The molecule has 202 valence electrons. The highest BCUT2D eigenvalue weighted by Gasteiger charge is 2.46. The van der Waals surface area contributed by atoms with Gasteiger partial charge in [-0.05, 0) is 48.4 Å². The first-order valence-corrected chi connectivity index (χ1v) is 12.6. The summed E-state index contributed by atoms with van der Waals surface area (Å²) in [5.41, 5.74) is 1.09. The van der Waals surface area contributed by atoms with Gasteiger partial charge in [0, 0.05) is 31.7 Å². The number of hydrogen-bond acceptors (Lipinski definition) is 8. The van der Waals surface area contributed by atoms with E-state index < -0.39 is 17.7 Å². The van der Waals surface area contributed by atoms with Crippen LogP contribution in [-0.2, 0) is 14.3 Å². The maximum absolute atomic E-state index is 13.3. The van der Waals surface area contributed by atoms with Crippen molar-refractivity contribution in [3.8, 4) is 17.2 Å². The second kappa shape index (κ2) is 12.6. The summed E-state index contributed by atoms with van der Waals surface area (Å²) in [5.74, 6) is -0.0268. The molecule has 2 aromatic rings. The summed E-state index contributed by atoms with van der Waals surface area (Å²) < 4.78 is 21.8. The number of nitrogens with zero attached hydrogens (tertiary/aromatic N) is 2. The van der Waals surface area contributed by atoms with Gasteiger partial charge in [0.25, 0.3) is 11.7 Å². The van der Waals surface area contributed by atoms with E-state index >= 15 is 0 Å². The minimum atomic E-state index is -0.788. The fourth-order valence-electron chi connectivity index (χ4n) is 4.77. The van der Waals surface area contributed by atoms with E-state index in [0.717, 1.165) is 19.6 Å². The molecule has 2 heterocycles. The fraction of sp³-hybridized carbons (Fsp3) is 0.379. The molecule has 9 heteroatoms. The summed E-state index contributed by atoms with van der Waals surface area (Å²) >= 11 is 0. The first-order valence-electron chi connectivity index (χ1n) is 12.6. The number of amides is 1. The standard InChI is InChI=1S/C29H34N2O7/c1-4-16-38-23-11-8-21(19-24(23)36-3)26-25(27(32)20-6-9-22(35-2)10-7-20)28(33)29(34)31(26)13-5-12-30-14-17-37-18-15-30/h4,6-11,19,26,32H,1,5,12-18H2,2-3H3/b27-25+. The summed E-state index contributed by atoms with van der Waals surface area (Å²) in [6.07, 6.45) is 2.30. The van der Waals surface area contributed by atoms with Gasteiger partial charge in [-0.15, -0.1) is 0 Å². The highest BCUT2D eigenvalue weighted by molar-refractivity contribution is 6.46. The minimum Gasteiger partial charge on any atom is -0.507 e. The molecule has 2 saturated heterocycles. The third kappa shape index (κ3) is 5.84. The van der Waals surface area contributed by atoms with Crippen molar-refractivity contribution in [3.63, 3.8) is 0 Å². The molecule has 1 unspecified atom stereocenters. The van der Waals surface area contributed by atoms with Crippen molar-refractivity contribution in [1.29, 1.82) is 0 Å². The van der Waals surface area contributed by atoms with E-state index in [1.54, 1.807) is 55.7 Å². The van der Waals surface area contributed by atoms with Crippen molar-refractivity contribution < 1.29 is 33.6 Å². The quantitative estimate of drug-likeness (QED) is 0.208. The van der Waals surface area contributed by atoms with Crippen LogP contribution in [0.5, 0.6) is 17.2 Å². The normalized spacial score (nSPS) is 19.4. The molecular formula is C29H34N2O7. The second-order valence-electron chi connectivity index (χ2n) is 9.04. The number of Topliss-reactive ketones (excluding diaryl/α,β-unsaturated/α-hetero) is 1. The number of methoxy groups -OCH3 is 2. The van der Waals surface area contributed by atoms with E-state index in [9.17, 15) is 14.7 Å². The second-order valence-corrected chi connectivity index (χ2v) is 9.04. The Bertz CT molecular complexity index is 1190. The molecule has 0 spiro atoms. The molecule has 2 fully saturated rings. The zero-order valence-electron chi connectivity index (χ0n) is 21.9. The molecule has 2 aliphatic rings. The highest BCUT2D eigenvalue weighted by atomic mass is 16.5. The fourth-order valence-corrected chi connectivity index (χ4v) is 4.77. The first-order chi connectivity index (χ1) is 18.5. The molecule has 0 aliphatic carbocycles. The van der Waals surface area contributed by atoms with Crippen LogP contribution >= 0.6 is 0 Å². The van der Waals surface area contributed by atoms with E-state index in [1.165, 1.54) is 12.0 Å². The predicted molar refractivity (Wildman–Crippen MR) is 143 cm³/mol. The van der Waals surface area contributed by atoms with E-state index in [2.05, 4.69) is 11.5 Å². The lowest BCUT2D eigenvalue weighted by atomic mass is 9.95. The number of hydrogen-bond donors (Lipinski definition) is 1. The topological polar surface area (TPSA) is 97.8 Å². The average Bonchev–Trinajstić information content (AvgIpc) is 3.21. The Morgan fingerprint density at radius 1 is 1.05 bits per heavy atom. The Balaban J connectivity index is 1.71. The Morgan fingerprint density at radius 3 is 2.45 bits per heavy atom. The third-order valence-corrected chi connectivity index (χ3v) is 6.74. The summed E-state index contributed by atoms with van der Waals surface area (Å²) in [6, 6.07) is 11.2. The van der Waals surface area contributed by atoms with Crippen LogP contribution in [-0.4, -0.2) is 86.8 Å². The van der Waals surface area contributed by atoms with Crippen LogP contribution in [0.2, 0.25) is 0 Å². The minimum absolute atomic E-state index is 0.0355. The molecule has 0 saturated carbocycles. The average molecular weight is 523 g/mol. The SMILES string of the molecule is C=CCOc1ccc(C2/C(=C(\O)c3ccc(OC)cc3)C(=O)C(=O)N2CCCN2CCOCC2)cc1OC. The van der Waals surface area contributed by atoms with Crippen LogP contribution in [0.15, 0.2) is 60.7 Å². The van der Waals surface area contributed by atoms with Crippen LogP contribution < -0.4 is 14.2 Å². The molecule has 0 bridgehead atoms. The molecule has 1 N–H and O–H groups in total. The Kier molecular flexibility index (Phi) is 9.04. The zero-order chi connectivity index (χ0) is 27.1. The number of carbonyl (C=O) groups excluding carboxylic acids is 2. The first kappa shape index (κ1) is 27.2. The number of carbonyl (C=O) groups is 2. The number of aliphatic hydroxyl groups excluding tert-OH is 1. The molecule has 0 aromatic heterocycles. The van der Waals surface area contributed by atoms with Crippen LogP contribution in [0, 0.1) is 0 Å². The van der Waals surface area contributed by atoms with Crippen LogP contribution in [0.25, 0.3) is 5.76 Å². The number of benzene rings is 2. The number of ether oxygens (including phenoxy) is 4. The van der Waals surface area contributed by atoms with Crippen LogP contribution in [0.3, 0.4) is 0 Å². The highest BCUT2D eigenvalue weighted by Crippen LogP contribution is 2.42. The van der Waals surface area contributed by atoms with Gasteiger partial charge < -0.3 is 29.0 Å². The molecular weight excluding hydrogens is 488 g/mol. The summed E-state index contributed by atoms with van der Waals surface area (Å²) in [5, 5.41) is 11.3. The molecule has 1 atom stereocenters. The van der Waals surface area contributed by atoms with Crippen molar-refractivity contribution in [2.75, 3.05) is 60.2 Å². The van der Waals surface area contributed by atoms with E-state index in [1.807, 2.05) is 0 Å². The van der Waals surface area contributed by atoms with Gasteiger partial charge in [-0.1, -0.05) is 18.7 Å². The van der Waals surface area contributed by atoms with Crippen molar-refractivity contribution in [3.05, 3.63) is 71.8 Å². The Labute approximate surface area is 222 Å². The molecule has 2 aromatic carbocycles. The number of ketones is 1. The smallest absolute Gasteiger partial charge is 0.295 e. The van der Waals surface area contributed by atoms with Gasteiger partial charge in [0.1, 0.15) is 18.1 Å². The number of aliphatic hydroxyl groups is 1. The summed E-state index contributed by atoms with van der Waals surface area (Å²) in [4.78, 5) is 30.4. The predicted octanol–water partition coefficient (Wildman–Crippen LogP) is 3.41. The molecule has 2 aliphatic heterocycles. The third-order valence-electron chi connectivity index (χ3n) is 6.74. The molecule has 9 nitrogen and oxygen atoms in total. The van der Waals surface area contributed by atoms with Gasteiger partial charge in [-0.3, -0.25) is 14.5 Å². The Morgan fingerprint density at radius 2 is 1.79 bits per heavy atom. The van der Waals surface area contributed by atoms with Gasteiger partial charge in [0.2, 0.25) is 0 Å². The summed E-state index contributed by atoms with van der Waals surface area (Å²) in [7, 11) is 3.07. The number of morpholine rings is 1. The maximum atomic E-state index is 13.3. The largest absolute Gasteiger partial charge is 0.507 e. The van der Waals surface area contributed by atoms with Crippen LogP contribution in [0.4, 0.5) is 0 Å². The van der Waals surface area contributed by atoms with Gasteiger partial charge in [0.15, 0.2) is 11.5 Å². The monoisotopic (exact) mass is 522 g/mol. The molecule has 4 rings (SSSR count). The van der Waals surface area contributed by atoms with E-state index in [4.69, 9.17) is 18.9 Å². The lowest BCUT2D eigenvalue weighted by Crippen LogP contribution is -2.39. The van der Waals surface area contributed by atoms with Crippen molar-refractivity contribution in [2.24, 2.45) is 0 Å². The van der Waals surface area contributed by atoms with Crippen LogP contribution in [0.1, 0.15) is 23.6 Å². The zero-order valence-corrected chi connectivity index (χ0v) is 21.9. The van der Waals surface area contributed by atoms with E-state index in [-0.39, 0.29) is 11.3 Å². The van der Waals surface area contributed by atoms with E-state index in [0.29, 0.717) is 61.2 Å². The molecule has 38 heavy (non-hydrogen) atoms. The maximum Gasteiger partial charge on any atom is 0.295 e. The van der Waals surface area contributed by atoms with Gasteiger partial charge in [-0.25, -0.2) is 0 Å². The molecule has 1 amide bonds. The van der Waals surface area contributed by atoms with Crippen molar-refractivity contribution in [2.45, 2.75) is 12.5 Å². The Hall–Kier alpha value is -3.82. The number of rotatable bonds is 11. The molecule has 0 radical (unpaired) electrons. The van der Waals surface area contributed by atoms with Crippen molar-refractivity contribution >= 4 is 17.4 Å². The summed E-state index contributed by atoms with van der Waals surface area (Å²) in [6.45, 7) is 8.14. The van der Waals surface area contributed by atoms with Crippen molar-refractivity contribution in [1.82, 2.24) is 9.80 Å². The number of likely N-dealkylation sites (tertiary alicyclic amines) is 1. The van der Waals surface area contributed by atoms with Gasteiger partial charge in [-0.2, -0.15) is 0 Å². The van der Waals surface area contributed by atoms with Gasteiger partial charge >= 0.3 is 0 Å².